The van der Waals surface area contributed by atoms with Crippen molar-refractivity contribution in [2.24, 2.45) is 7.05 Å². The Morgan fingerprint density at radius 3 is 2.58 bits per heavy atom. The first-order valence-electron chi connectivity index (χ1n) is 8.53. The van der Waals surface area contributed by atoms with Crippen molar-refractivity contribution >= 4 is 17.5 Å². The number of aromatic nitrogens is 4. The van der Waals surface area contributed by atoms with Gasteiger partial charge in [0, 0.05) is 23.3 Å². The Morgan fingerprint density at radius 2 is 2.00 bits per heavy atom. The van der Waals surface area contributed by atoms with Crippen molar-refractivity contribution in [2.45, 2.75) is 33.2 Å². The average Bonchev–Trinajstić information content (AvgIpc) is 3.18. The smallest absolute Gasteiger partial charge is 0.269 e. The van der Waals surface area contributed by atoms with Crippen LogP contribution in [0.3, 0.4) is 0 Å². The monoisotopic (exact) mass is 371 g/mol. The second-order valence-corrected chi connectivity index (χ2v) is 6.76. The lowest BCUT2D eigenvalue weighted by Gasteiger charge is -2.17. The van der Waals surface area contributed by atoms with E-state index in [-0.39, 0.29) is 11.9 Å². The fourth-order valence-electron chi connectivity index (χ4n) is 3.06. The maximum absolute atomic E-state index is 12.6. The minimum Gasteiger partial charge on any atom is -0.344 e. The number of aromatic amines is 1. The van der Waals surface area contributed by atoms with Crippen molar-refractivity contribution in [1.29, 1.82) is 0 Å². The van der Waals surface area contributed by atoms with Crippen LogP contribution in [0.4, 0.5) is 0 Å². The fraction of sp³-hybridized carbons (Fsp3) is 0.316. The number of halogens is 1. The molecule has 0 aliphatic heterocycles. The average molecular weight is 372 g/mol. The van der Waals surface area contributed by atoms with Crippen LogP contribution in [0, 0.1) is 13.8 Å². The molecule has 3 aromatic rings. The summed E-state index contributed by atoms with van der Waals surface area (Å²) in [7, 11) is 1.89. The van der Waals surface area contributed by atoms with Gasteiger partial charge in [-0.3, -0.25) is 14.6 Å². The first kappa shape index (κ1) is 18.2. The van der Waals surface area contributed by atoms with Crippen molar-refractivity contribution in [3.63, 3.8) is 0 Å². The number of nitrogens with one attached hydrogen (secondary N) is 2. The quantitative estimate of drug-likeness (QED) is 0.712. The zero-order valence-electron chi connectivity index (χ0n) is 15.3. The first-order chi connectivity index (χ1) is 12.4. The SMILES string of the molecule is CCC(NC(=O)c1cc(-c2c(C)nn(C)c2C)n[nH]1)c1ccc(Cl)cc1. The predicted molar refractivity (Wildman–Crippen MR) is 102 cm³/mol. The van der Waals surface area contributed by atoms with Crippen LogP contribution in [0.1, 0.15) is 46.8 Å². The Hall–Kier alpha value is -2.60. The van der Waals surface area contributed by atoms with Crippen LogP contribution in [0.5, 0.6) is 0 Å². The largest absolute Gasteiger partial charge is 0.344 e. The van der Waals surface area contributed by atoms with Gasteiger partial charge in [-0.25, -0.2) is 0 Å². The van der Waals surface area contributed by atoms with E-state index in [9.17, 15) is 4.79 Å². The highest BCUT2D eigenvalue weighted by molar-refractivity contribution is 6.30. The molecular weight excluding hydrogens is 350 g/mol. The van der Waals surface area contributed by atoms with Gasteiger partial charge in [-0.2, -0.15) is 10.2 Å². The molecule has 2 N–H and O–H groups in total. The number of hydrogen-bond donors (Lipinski definition) is 2. The Labute approximate surface area is 157 Å². The van der Waals surface area contributed by atoms with E-state index in [2.05, 4.69) is 20.6 Å². The van der Waals surface area contributed by atoms with Gasteiger partial charge in [-0.05, 0) is 44.0 Å². The van der Waals surface area contributed by atoms with Gasteiger partial charge in [0.1, 0.15) is 5.69 Å². The molecule has 2 aromatic heterocycles. The molecule has 0 spiro atoms. The van der Waals surface area contributed by atoms with Crippen LogP contribution in [-0.2, 0) is 7.05 Å². The van der Waals surface area contributed by atoms with E-state index >= 15 is 0 Å². The zero-order valence-corrected chi connectivity index (χ0v) is 16.1. The molecule has 3 rings (SSSR count). The van der Waals surface area contributed by atoms with E-state index in [0.29, 0.717) is 10.7 Å². The highest BCUT2D eigenvalue weighted by Crippen LogP contribution is 2.25. The van der Waals surface area contributed by atoms with Gasteiger partial charge in [0.15, 0.2) is 0 Å². The number of rotatable bonds is 5. The number of H-pyrrole nitrogens is 1. The first-order valence-corrected chi connectivity index (χ1v) is 8.90. The molecular formula is C19H22ClN5O. The topological polar surface area (TPSA) is 75.6 Å². The van der Waals surface area contributed by atoms with Gasteiger partial charge in [0.05, 0.1) is 17.4 Å². The van der Waals surface area contributed by atoms with Crippen LogP contribution in [0.2, 0.25) is 5.02 Å². The standard InChI is InChI=1S/C19H22ClN5O/c1-5-15(13-6-8-14(20)9-7-13)21-19(26)17-10-16(22-23-17)18-11(2)24-25(4)12(18)3/h6-10,15H,5H2,1-4H3,(H,21,26)(H,22,23). The molecule has 0 saturated carbocycles. The lowest BCUT2D eigenvalue weighted by Crippen LogP contribution is -2.28. The third kappa shape index (κ3) is 3.51. The zero-order chi connectivity index (χ0) is 18.8. The molecule has 136 valence electrons. The molecule has 0 bridgehead atoms. The van der Waals surface area contributed by atoms with Crippen molar-refractivity contribution in [3.8, 4) is 11.3 Å². The Bertz CT molecular complexity index is 926. The summed E-state index contributed by atoms with van der Waals surface area (Å²) in [4.78, 5) is 12.6. The molecule has 0 radical (unpaired) electrons. The molecule has 1 amide bonds. The second-order valence-electron chi connectivity index (χ2n) is 6.32. The van der Waals surface area contributed by atoms with Gasteiger partial charge >= 0.3 is 0 Å². The highest BCUT2D eigenvalue weighted by Gasteiger charge is 2.19. The van der Waals surface area contributed by atoms with Gasteiger partial charge < -0.3 is 5.32 Å². The van der Waals surface area contributed by atoms with Crippen molar-refractivity contribution < 1.29 is 4.79 Å². The number of benzene rings is 1. The fourth-order valence-corrected chi connectivity index (χ4v) is 3.19. The van der Waals surface area contributed by atoms with Crippen molar-refractivity contribution in [1.82, 2.24) is 25.3 Å². The summed E-state index contributed by atoms with van der Waals surface area (Å²) in [6.07, 6.45) is 0.773. The normalized spacial score (nSPS) is 12.2. The summed E-state index contributed by atoms with van der Waals surface area (Å²) in [6.45, 7) is 5.95. The van der Waals surface area contributed by atoms with E-state index in [0.717, 1.165) is 34.6 Å². The summed E-state index contributed by atoms with van der Waals surface area (Å²) in [6, 6.07) is 9.19. The lowest BCUT2D eigenvalue weighted by atomic mass is 10.0. The Kier molecular flexibility index (Phi) is 5.13. The van der Waals surface area contributed by atoms with E-state index in [1.807, 2.05) is 56.8 Å². The van der Waals surface area contributed by atoms with E-state index in [1.54, 1.807) is 6.07 Å². The maximum Gasteiger partial charge on any atom is 0.269 e. The van der Waals surface area contributed by atoms with Gasteiger partial charge in [-0.15, -0.1) is 0 Å². The molecule has 2 heterocycles. The maximum atomic E-state index is 12.6. The number of carbonyl (C=O) groups is 1. The molecule has 0 aliphatic rings. The molecule has 1 aromatic carbocycles. The summed E-state index contributed by atoms with van der Waals surface area (Å²) >= 11 is 5.94. The van der Waals surface area contributed by atoms with Crippen LogP contribution in [0.15, 0.2) is 30.3 Å². The third-order valence-corrected chi connectivity index (χ3v) is 4.83. The van der Waals surface area contributed by atoms with E-state index in [4.69, 9.17) is 11.6 Å². The summed E-state index contributed by atoms with van der Waals surface area (Å²) in [5.74, 6) is -0.190. The van der Waals surface area contributed by atoms with E-state index in [1.165, 1.54) is 0 Å². The highest BCUT2D eigenvalue weighted by atomic mass is 35.5. The molecule has 6 nitrogen and oxygen atoms in total. The van der Waals surface area contributed by atoms with E-state index < -0.39 is 0 Å². The summed E-state index contributed by atoms with van der Waals surface area (Å²) < 4.78 is 1.81. The van der Waals surface area contributed by atoms with Crippen LogP contribution in [-0.4, -0.2) is 25.9 Å². The lowest BCUT2D eigenvalue weighted by molar-refractivity contribution is 0.0930. The number of nitrogens with zero attached hydrogens (tertiary/aromatic N) is 3. The van der Waals surface area contributed by atoms with Gasteiger partial charge in [-0.1, -0.05) is 30.7 Å². The molecule has 0 aliphatic carbocycles. The number of amides is 1. The number of carbonyl (C=O) groups excluding carboxylic acids is 1. The van der Waals surface area contributed by atoms with Gasteiger partial charge in [0.25, 0.3) is 5.91 Å². The van der Waals surface area contributed by atoms with Crippen LogP contribution in [0.25, 0.3) is 11.3 Å². The van der Waals surface area contributed by atoms with Crippen molar-refractivity contribution in [3.05, 3.63) is 58.0 Å². The molecule has 1 atom stereocenters. The third-order valence-electron chi connectivity index (χ3n) is 4.57. The molecule has 0 fully saturated rings. The number of aryl methyl sites for hydroxylation is 2. The summed E-state index contributed by atoms with van der Waals surface area (Å²) in [5, 5.41) is 15.3. The molecule has 1 unspecified atom stereocenters. The molecule has 0 saturated heterocycles. The number of hydrogen-bond acceptors (Lipinski definition) is 3. The molecule has 26 heavy (non-hydrogen) atoms. The summed E-state index contributed by atoms with van der Waals surface area (Å²) in [5.41, 5.74) is 5.01. The van der Waals surface area contributed by atoms with Crippen molar-refractivity contribution in [2.75, 3.05) is 0 Å². The predicted octanol–water partition coefficient (Wildman–Crippen LogP) is 3.96. The second kappa shape index (κ2) is 7.33. The Balaban J connectivity index is 1.80. The minimum absolute atomic E-state index is 0.0895. The van der Waals surface area contributed by atoms with Gasteiger partial charge in [0.2, 0.25) is 0 Å². The molecule has 7 heteroatoms. The minimum atomic E-state index is -0.190. The van der Waals surface area contributed by atoms with Crippen LogP contribution >= 0.6 is 11.6 Å². The van der Waals surface area contributed by atoms with Crippen LogP contribution < -0.4 is 5.32 Å². The Morgan fingerprint density at radius 1 is 1.31 bits per heavy atom.